The minimum Gasteiger partial charge on any atom is -0.496 e. The number of methoxy groups -OCH3 is 1. The van der Waals surface area contributed by atoms with Gasteiger partial charge in [-0.2, -0.15) is 0 Å². The third kappa shape index (κ3) is 3.49. The maximum absolute atomic E-state index is 12.0. The zero-order chi connectivity index (χ0) is 13.5. The van der Waals surface area contributed by atoms with Crippen LogP contribution < -0.4 is 4.74 Å². The van der Waals surface area contributed by atoms with Crippen molar-refractivity contribution in [3.05, 3.63) is 29.3 Å². The second-order valence-electron chi connectivity index (χ2n) is 4.34. The maximum atomic E-state index is 12.0. The summed E-state index contributed by atoms with van der Waals surface area (Å²) in [5.41, 5.74) is 2.05. The van der Waals surface area contributed by atoms with E-state index in [4.69, 9.17) is 9.47 Å². The zero-order valence-corrected chi connectivity index (χ0v) is 11.7. The molecule has 0 bridgehead atoms. The summed E-state index contributed by atoms with van der Waals surface area (Å²) in [7, 11) is 1.63. The molecule has 3 nitrogen and oxygen atoms in total. The minimum absolute atomic E-state index is 0.164. The van der Waals surface area contributed by atoms with E-state index in [0.29, 0.717) is 6.61 Å². The van der Waals surface area contributed by atoms with E-state index >= 15 is 0 Å². The van der Waals surface area contributed by atoms with E-state index in [-0.39, 0.29) is 11.9 Å². The first kappa shape index (κ1) is 14.6. The number of carbonyl (C=O) groups excluding carboxylic acids is 1. The van der Waals surface area contributed by atoms with Gasteiger partial charge in [0.2, 0.25) is 0 Å². The lowest BCUT2D eigenvalue weighted by Gasteiger charge is -2.18. The average molecular weight is 250 g/mol. The maximum Gasteiger partial charge on any atom is 0.313 e. The number of aryl methyl sites for hydroxylation is 1. The van der Waals surface area contributed by atoms with Crippen molar-refractivity contribution in [2.45, 2.75) is 39.5 Å². The van der Waals surface area contributed by atoms with Crippen molar-refractivity contribution < 1.29 is 14.3 Å². The number of ether oxygens (including phenoxy) is 2. The van der Waals surface area contributed by atoms with E-state index in [9.17, 15) is 4.79 Å². The molecule has 0 N–H and O–H groups in total. The molecule has 0 aliphatic rings. The second kappa shape index (κ2) is 7.04. The molecule has 1 unspecified atom stereocenters. The van der Waals surface area contributed by atoms with Gasteiger partial charge in [0.1, 0.15) is 5.75 Å². The van der Waals surface area contributed by atoms with Crippen molar-refractivity contribution in [3.63, 3.8) is 0 Å². The Hall–Kier alpha value is -1.51. The number of rotatable bonds is 6. The molecule has 0 aliphatic carbocycles. The topological polar surface area (TPSA) is 35.5 Å². The van der Waals surface area contributed by atoms with Crippen LogP contribution in [0.4, 0.5) is 0 Å². The highest BCUT2D eigenvalue weighted by atomic mass is 16.5. The Morgan fingerprint density at radius 1 is 1.33 bits per heavy atom. The lowest BCUT2D eigenvalue weighted by molar-refractivity contribution is -0.145. The Labute approximate surface area is 109 Å². The molecule has 0 saturated heterocycles. The normalized spacial score (nSPS) is 12.0. The molecule has 0 aromatic heterocycles. The lowest BCUT2D eigenvalue weighted by Crippen LogP contribution is -2.17. The molecule has 18 heavy (non-hydrogen) atoms. The minimum atomic E-state index is -0.232. The van der Waals surface area contributed by atoms with Crippen LogP contribution in [0.15, 0.2) is 18.2 Å². The molecule has 0 fully saturated rings. The Balaban J connectivity index is 3.11. The Bertz CT molecular complexity index is 399. The Morgan fingerprint density at radius 2 is 2.06 bits per heavy atom. The highest BCUT2D eigenvalue weighted by Gasteiger charge is 2.24. The number of benzene rings is 1. The summed E-state index contributed by atoms with van der Waals surface area (Å²) in [6.07, 6.45) is 1.71. The van der Waals surface area contributed by atoms with E-state index in [1.165, 1.54) is 0 Å². The van der Waals surface area contributed by atoms with Crippen LogP contribution in [0.2, 0.25) is 0 Å². The molecule has 1 rings (SSSR count). The van der Waals surface area contributed by atoms with Crippen molar-refractivity contribution in [3.8, 4) is 5.75 Å². The molecule has 100 valence electrons. The van der Waals surface area contributed by atoms with Crippen LogP contribution in [0.1, 0.15) is 43.7 Å². The van der Waals surface area contributed by atoms with Crippen molar-refractivity contribution in [1.82, 2.24) is 0 Å². The van der Waals surface area contributed by atoms with Crippen molar-refractivity contribution in [2.24, 2.45) is 0 Å². The van der Waals surface area contributed by atoms with Crippen LogP contribution in [0.25, 0.3) is 0 Å². The quantitative estimate of drug-likeness (QED) is 0.725. The van der Waals surface area contributed by atoms with Gasteiger partial charge in [-0.3, -0.25) is 4.79 Å². The highest BCUT2D eigenvalue weighted by molar-refractivity contribution is 5.79. The number of hydrogen-bond donors (Lipinski definition) is 0. The van der Waals surface area contributed by atoms with Gasteiger partial charge in [-0.15, -0.1) is 0 Å². The van der Waals surface area contributed by atoms with E-state index in [1.807, 2.05) is 32.0 Å². The van der Waals surface area contributed by atoms with Gasteiger partial charge in [-0.25, -0.2) is 0 Å². The van der Waals surface area contributed by atoms with Crippen LogP contribution >= 0.6 is 0 Å². The average Bonchev–Trinajstić information content (AvgIpc) is 2.36. The van der Waals surface area contributed by atoms with Gasteiger partial charge in [0.05, 0.1) is 19.6 Å². The summed E-state index contributed by atoms with van der Waals surface area (Å²) in [5, 5.41) is 0. The molecule has 3 heteroatoms. The molecule has 0 heterocycles. The summed E-state index contributed by atoms with van der Waals surface area (Å²) < 4.78 is 10.5. The van der Waals surface area contributed by atoms with Crippen molar-refractivity contribution >= 4 is 5.97 Å². The van der Waals surface area contributed by atoms with Crippen LogP contribution in [0.5, 0.6) is 5.75 Å². The Kier molecular flexibility index (Phi) is 5.69. The van der Waals surface area contributed by atoms with Gasteiger partial charge in [-0.05, 0) is 26.3 Å². The first-order valence-electron chi connectivity index (χ1n) is 6.45. The van der Waals surface area contributed by atoms with Crippen LogP contribution in [-0.2, 0) is 9.53 Å². The summed E-state index contributed by atoms with van der Waals surface area (Å²) in [6, 6.07) is 5.90. The standard InChI is InChI=1S/C15H22O3/c1-5-7-12(15(16)18-6-2)13-10-11(3)8-9-14(13)17-4/h8-10,12H,5-7H2,1-4H3. The van der Waals surface area contributed by atoms with Gasteiger partial charge in [0.15, 0.2) is 0 Å². The van der Waals surface area contributed by atoms with Crippen molar-refractivity contribution in [2.75, 3.05) is 13.7 Å². The molecule has 1 aromatic carbocycles. The molecular formula is C15H22O3. The molecule has 1 atom stereocenters. The SMILES string of the molecule is CCCC(C(=O)OCC)c1cc(C)ccc1OC. The highest BCUT2D eigenvalue weighted by Crippen LogP contribution is 2.31. The first-order valence-corrected chi connectivity index (χ1v) is 6.45. The number of esters is 1. The van der Waals surface area contributed by atoms with Gasteiger partial charge < -0.3 is 9.47 Å². The van der Waals surface area contributed by atoms with Crippen molar-refractivity contribution in [1.29, 1.82) is 0 Å². The smallest absolute Gasteiger partial charge is 0.313 e. The molecule has 0 spiro atoms. The van der Waals surface area contributed by atoms with Gasteiger partial charge >= 0.3 is 5.97 Å². The predicted molar refractivity (Wildman–Crippen MR) is 72.0 cm³/mol. The fraction of sp³-hybridized carbons (Fsp3) is 0.533. The molecule has 0 amide bonds. The Morgan fingerprint density at radius 3 is 2.61 bits per heavy atom. The second-order valence-corrected chi connectivity index (χ2v) is 4.34. The third-order valence-electron chi connectivity index (χ3n) is 2.91. The summed E-state index contributed by atoms with van der Waals surface area (Å²) in [6.45, 7) is 6.31. The summed E-state index contributed by atoms with van der Waals surface area (Å²) in [4.78, 5) is 12.0. The summed E-state index contributed by atoms with van der Waals surface area (Å²) >= 11 is 0. The third-order valence-corrected chi connectivity index (χ3v) is 2.91. The van der Waals surface area contributed by atoms with Gasteiger partial charge in [0.25, 0.3) is 0 Å². The fourth-order valence-corrected chi connectivity index (χ4v) is 2.06. The number of carbonyl (C=O) groups is 1. The van der Waals surface area contributed by atoms with Gasteiger partial charge in [0, 0.05) is 5.56 Å². The summed E-state index contributed by atoms with van der Waals surface area (Å²) in [5.74, 6) is 0.361. The monoisotopic (exact) mass is 250 g/mol. The van der Waals surface area contributed by atoms with Gasteiger partial charge in [-0.1, -0.05) is 31.0 Å². The molecule has 0 radical (unpaired) electrons. The molecule has 0 saturated carbocycles. The van der Waals surface area contributed by atoms with E-state index in [0.717, 1.165) is 29.7 Å². The first-order chi connectivity index (χ1) is 8.63. The molecular weight excluding hydrogens is 228 g/mol. The predicted octanol–water partition coefficient (Wildman–Crippen LogP) is 3.45. The molecule has 1 aromatic rings. The van der Waals surface area contributed by atoms with Crippen LogP contribution in [0, 0.1) is 6.92 Å². The largest absolute Gasteiger partial charge is 0.496 e. The number of hydrogen-bond acceptors (Lipinski definition) is 3. The van der Waals surface area contributed by atoms with E-state index < -0.39 is 0 Å². The van der Waals surface area contributed by atoms with Crippen LogP contribution in [-0.4, -0.2) is 19.7 Å². The van der Waals surface area contributed by atoms with Crippen LogP contribution in [0.3, 0.4) is 0 Å². The fourth-order valence-electron chi connectivity index (χ4n) is 2.06. The van der Waals surface area contributed by atoms with E-state index in [2.05, 4.69) is 6.92 Å². The van der Waals surface area contributed by atoms with E-state index in [1.54, 1.807) is 7.11 Å². The lowest BCUT2D eigenvalue weighted by atomic mass is 9.92. The molecule has 0 aliphatic heterocycles. The zero-order valence-electron chi connectivity index (χ0n) is 11.7.